The van der Waals surface area contributed by atoms with Crippen LogP contribution < -0.4 is 10.6 Å². The van der Waals surface area contributed by atoms with Crippen molar-refractivity contribution in [1.29, 1.82) is 0 Å². The van der Waals surface area contributed by atoms with Gasteiger partial charge in [0.15, 0.2) is 0 Å². The van der Waals surface area contributed by atoms with Crippen molar-refractivity contribution in [3.63, 3.8) is 0 Å². The monoisotopic (exact) mass is 494 g/mol. The second kappa shape index (κ2) is 12.7. The number of amides is 2. The highest BCUT2D eigenvalue weighted by molar-refractivity contribution is 8.00. The predicted molar refractivity (Wildman–Crippen MR) is 139 cm³/mol. The van der Waals surface area contributed by atoms with Crippen LogP contribution in [0.2, 0.25) is 0 Å². The lowest BCUT2D eigenvalue weighted by Crippen LogP contribution is -2.36. The van der Waals surface area contributed by atoms with E-state index < -0.39 is 0 Å². The lowest BCUT2D eigenvalue weighted by Gasteiger charge is -2.21. The summed E-state index contributed by atoms with van der Waals surface area (Å²) in [7, 11) is 0. The summed E-state index contributed by atoms with van der Waals surface area (Å²) in [6.45, 7) is 0. The van der Waals surface area contributed by atoms with Gasteiger partial charge in [-0.1, -0.05) is 85.9 Å². The van der Waals surface area contributed by atoms with Gasteiger partial charge in [-0.3, -0.25) is 14.9 Å². The van der Waals surface area contributed by atoms with E-state index in [0.29, 0.717) is 22.9 Å². The number of carbonyl (C=O) groups is 2. The Balaban J connectivity index is 1.31. The number of rotatable bonds is 8. The van der Waals surface area contributed by atoms with Crippen LogP contribution in [0.1, 0.15) is 65.9 Å². The van der Waals surface area contributed by atoms with Crippen LogP contribution in [0.3, 0.4) is 0 Å². The molecule has 2 amide bonds. The van der Waals surface area contributed by atoms with Crippen LogP contribution in [0.4, 0.5) is 5.13 Å². The molecular formula is C26H30N4O2S2. The van der Waals surface area contributed by atoms with Gasteiger partial charge in [-0.25, -0.2) is 0 Å². The maximum atomic E-state index is 12.9. The van der Waals surface area contributed by atoms with Crippen molar-refractivity contribution >= 4 is 40.0 Å². The first kappa shape index (κ1) is 24.4. The molecule has 0 atom stereocenters. The van der Waals surface area contributed by atoms with Crippen LogP contribution in [0.5, 0.6) is 0 Å². The first-order valence-corrected chi connectivity index (χ1v) is 13.7. The lowest BCUT2D eigenvalue weighted by atomic mass is 9.97. The number of nitrogens with zero attached hydrogens (tertiary/aromatic N) is 2. The minimum absolute atomic E-state index is 0.0282. The summed E-state index contributed by atoms with van der Waals surface area (Å²) in [5, 5.41) is 15.7. The molecule has 0 saturated heterocycles. The van der Waals surface area contributed by atoms with E-state index in [1.165, 1.54) is 55.2 Å². The lowest BCUT2D eigenvalue weighted by molar-refractivity contribution is -0.119. The number of aromatic nitrogens is 2. The molecule has 34 heavy (non-hydrogen) atoms. The van der Waals surface area contributed by atoms with Gasteiger partial charge in [0.2, 0.25) is 11.0 Å². The van der Waals surface area contributed by atoms with E-state index in [-0.39, 0.29) is 17.9 Å². The number of hydrogen-bond acceptors (Lipinski definition) is 6. The first-order valence-electron chi connectivity index (χ1n) is 11.9. The summed E-state index contributed by atoms with van der Waals surface area (Å²) in [6, 6.07) is 17.7. The second-order valence-electron chi connectivity index (χ2n) is 8.51. The van der Waals surface area contributed by atoms with E-state index in [4.69, 9.17) is 0 Å². The Morgan fingerprint density at radius 2 is 1.62 bits per heavy atom. The van der Waals surface area contributed by atoms with Gasteiger partial charge < -0.3 is 5.32 Å². The summed E-state index contributed by atoms with van der Waals surface area (Å²) < 4.78 is 0. The standard InChI is InChI=1S/C26H30N4O2S2/c31-23(27-20-13-7-2-1-3-8-14-20)18-33-22-16-10-9-15-21(22)25(32)28-26-30-29-24(34-26)17-19-11-5-4-6-12-19/h4-6,9-12,15-16,20H,1-3,7-8,13-14,17-18H2,(H,27,31)(H,28,30,32). The molecule has 1 aromatic heterocycles. The Morgan fingerprint density at radius 1 is 0.912 bits per heavy atom. The molecule has 0 aliphatic heterocycles. The molecule has 2 N–H and O–H groups in total. The van der Waals surface area contributed by atoms with Gasteiger partial charge in [0.05, 0.1) is 11.3 Å². The van der Waals surface area contributed by atoms with Gasteiger partial charge in [-0.05, 0) is 30.5 Å². The first-order chi connectivity index (χ1) is 16.7. The van der Waals surface area contributed by atoms with E-state index in [9.17, 15) is 9.59 Å². The fourth-order valence-electron chi connectivity index (χ4n) is 4.10. The highest BCUT2D eigenvalue weighted by Crippen LogP contribution is 2.25. The SMILES string of the molecule is O=C(CSc1ccccc1C(=O)Nc1nnc(Cc2ccccc2)s1)NC1CCCCCCC1. The molecule has 0 radical (unpaired) electrons. The minimum atomic E-state index is -0.245. The van der Waals surface area contributed by atoms with Crippen LogP contribution in [0.15, 0.2) is 59.5 Å². The molecule has 3 aromatic rings. The Labute approximate surface area is 209 Å². The number of thioether (sulfide) groups is 1. The van der Waals surface area contributed by atoms with Gasteiger partial charge in [0.25, 0.3) is 5.91 Å². The summed E-state index contributed by atoms with van der Waals surface area (Å²) >= 11 is 2.77. The number of nitrogens with one attached hydrogen (secondary N) is 2. The maximum Gasteiger partial charge on any atom is 0.258 e. The molecule has 1 fully saturated rings. The Morgan fingerprint density at radius 3 is 2.41 bits per heavy atom. The van der Waals surface area contributed by atoms with Gasteiger partial charge in [-0.15, -0.1) is 22.0 Å². The van der Waals surface area contributed by atoms with Crippen molar-refractivity contribution in [1.82, 2.24) is 15.5 Å². The van der Waals surface area contributed by atoms with Gasteiger partial charge in [-0.2, -0.15) is 0 Å². The molecule has 4 rings (SSSR count). The maximum absolute atomic E-state index is 12.9. The van der Waals surface area contributed by atoms with Crippen molar-refractivity contribution in [3.05, 3.63) is 70.7 Å². The van der Waals surface area contributed by atoms with Crippen molar-refractivity contribution in [2.24, 2.45) is 0 Å². The molecular weight excluding hydrogens is 464 g/mol. The summed E-state index contributed by atoms with van der Waals surface area (Å²) in [6.07, 6.45) is 8.97. The van der Waals surface area contributed by atoms with Crippen LogP contribution in [-0.2, 0) is 11.2 Å². The van der Waals surface area contributed by atoms with Gasteiger partial charge >= 0.3 is 0 Å². The zero-order valence-electron chi connectivity index (χ0n) is 19.2. The molecule has 1 aliphatic carbocycles. The Kier molecular flexibility index (Phi) is 9.10. The number of benzene rings is 2. The van der Waals surface area contributed by atoms with Crippen molar-refractivity contribution < 1.29 is 9.59 Å². The molecule has 8 heteroatoms. The fraction of sp³-hybridized carbons (Fsp3) is 0.385. The minimum Gasteiger partial charge on any atom is -0.353 e. The summed E-state index contributed by atoms with van der Waals surface area (Å²) in [4.78, 5) is 26.3. The van der Waals surface area contributed by atoms with Gasteiger partial charge in [0.1, 0.15) is 5.01 Å². The molecule has 0 spiro atoms. The van der Waals surface area contributed by atoms with Crippen molar-refractivity contribution in [2.45, 2.75) is 62.3 Å². The van der Waals surface area contributed by atoms with Crippen LogP contribution in [0, 0.1) is 0 Å². The van der Waals surface area contributed by atoms with Crippen molar-refractivity contribution in [3.8, 4) is 0 Å². The number of hydrogen-bond donors (Lipinski definition) is 2. The van der Waals surface area contributed by atoms with Crippen LogP contribution >= 0.6 is 23.1 Å². The smallest absolute Gasteiger partial charge is 0.258 e. The summed E-state index contributed by atoms with van der Waals surface area (Å²) in [5.41, 5.74) is 1.68. The zero-order valence-corrected chi connectivity index (χ0v) is 20.8. The zero-order chi connectivity index (χ0) is 23.6. The third kappa shape index (κ3) is 7.40. The largest absolute Gasteiger partial charge is 0.353 e. The third-order valence-corrected chi connectivity index (χ3v) is 7.76. The van der Waals surface area contributed by atoms with E-state index in [1.54, 1.807) is 6.07 Å². The molecule has 1 aliphatic rings. The quantitative estimate of drug-likeness (QED) is 0.392. The van der Waals surface area contributed by atoms with E-state index in [0.717, 1.165) is 28.3 Å². The van der Waals surface area contributed by atoms with E-state index >= 15 is 0 Å². The molecule has 0 bridgehead atoms. The topological polar surface area (TPSA) is 84.0 Å². The van der Waals surface area contributed by atoms with Crippen LogP contribution in [-0.4, -0.2) is 33.8 Å². The van der Waals surface area contributed by atoms with Crippen LogP contribution in [0.25, 0.3) is 0 Å². The fourth-order valence-corrected chi connectivity index (χ4v) is 5.73. The molecule has 2 aromatic carbocycles. The van der Waals surface area contributed by atoms with E-state index in [2.05, 4.69) is 20.8 Å². The molecule has 6 nitrogen and oxygen atoms in total. The average molecular weight is 495 g/mol. The normalized spacial score (nSPS) is 14.7. The highest BCUT2D eigenvalue weighted by atomic mass is 32.2. The Hall–Kier alpha value is -2.71. The van der Waals surface area contributed by atoms with Gasteiger partial charge in [0, 0.05) is 17.4 Å². The predicted octanol–water partition coefficient (Wildman–Crippen LogP) is 5.70. The third-order valence-electron chi connectivity index (χ3n) is 5.85. The number of carbonyl (C=O) groups excluding carboxylic acids is 2. The molecule has 1 saturated carbocycles. The summed E-state index contributed by atoms with van der Waals surface area (Å²) in [5.74, 6) is 0.0762. The Bertz CT molecular complexity index is 1080. The van der Waals surface area contributed by atoms with Crippen molar-refractivity contribution in [2.75, 3.05) is 11.1 Å². The molecule has 1 heterocycles. The average Bonchev–Trinajstić information content (AvgIpc) is 3.26. The molecule has 178 valence electrons. The number of anilines is 1. The van der Waals surface area contributed by atoms with E-state index in [1.807, 2.05) is 48.5 Å². The molecule has 0 unspecified atom stereocenters. The second-order valence-corrected chi connectivity index (χ2v) is 10.6. The highest BCUT2D eigenvalue weighted by Gasteiger charge is 2.17.